The number of piperazine rings is 1. The van der Waals surface area contributed by atoms with Crippen LogP contribution in [0.4, 0.5) is 10.5 Å². The van der Waals surface area contributed by atoms with Gasteiger partial charge in [0.05, 0.1) is 6.54 Å². The highest BCUT2D eigenvalue weighted by Crippen LogP contribution is 2.41. The lowest BCUT2D eigenvalue weighted by molar-refractivity contribution is -0.121. The smallest absolute Gasteiger partial charge is 0.410 e. The Morgan fingerprint density at radius 1 is 1.30 bits per heavy atom. The second kappa shape index (κ2) is 9.41. The molecular weight excluding hydrogens is 444 g/mol. The lowest BCUT2D eigenvalue weighted by Crippen LogP contribution is -2.62. The summed E-state index contributed by atoms with van der Waals surface area (Å²) in [5.41, 5.74) is 10.00. The van der Waals surface area contributed by atoms with Crippen molar-refractivity contribution >= 4 is 29.3 Å². The topological polar surface area (TPSA) is 102 Å². The zero-order valence-electron chi connectivity index (χ0n) is 20.2. The van der Waals surface area contributed by atoms with E-state index in [-0.39, 0.29) is 36.5 Å². The molecule has 10 heteroatoms. The van der Waals surface area contributed by atoms with Crippen LogP contribution >= 0.6 is 11.6 Å². The van der Waals surface area contributed by atoms with Gasteiger partial charge in [0.25, 0.3) is 0 Å². The van der Waals surface area contributed by atoms with Crippen LogP contribution in [-0.4, -0.2) is 72.2 Å². The Labute approximate surface area is 200 Å². The van der Waals surface area contributed by atoms with E-state index in [0.717, 1.165) is 11.3 Å². The first-order valence-electron chi connectivity index (χ1n) is 11.2. The number of nitrogens with zero attached hydrogens (tertiary/aromatic N) is 6. The third kappa shape index (κ3) is 5.72. The summed E-state index contributed by atoms with van der Waals surface area (Å²) >= 11 is 6.23. The molecule has 0 saturated carbocycles. The normalized spacial score (nSPS) is 22.5. The van der Waals surface area contributed by atoms with E-state index in [1.54, 1.807) is 9.80 Å². The van der Waals surface area contributed by atoms with Crippen LogP contribution in [0.2, 0.25) is 5.02 Å². The van der Waals surface area contributed by atoms with Crippen molar-refractivity contribution in [1.82, 2.24) is 9.80 Å². The van der Waals surface area contributed by atoms with Crippen molar-refractivity contribution in [1.29, 1.82) is 0 Å². The van der Waals surface area contributed by atoms with Gasteiger partial charge in [-0.3, -0.25) is 9.69 Å². The summed E-state index contributed by atoms with van der Waals surface area (Å²) in [6.45, 7) is 13.3. The Morgan fingerprint density at radius 3 is 2.64 bits per heavy atom. The highest BCUT2D eigenvalue weighted by molar-refractivity contribution is 6.31. The van der Waals surface area contributed by atoms with E-state index < -0.39 is 11.7 Å². The van der Waals surface area contributed by atoms with Crippen molar-refractivity contribution in [2.75, 3.05) is 37.6 Å². The molecule has 1 fully saturated rings. The van der Waals surface area contributed by atoms with E-state index in [4.69, 9.17) is 21.9 Å². The van der Waals surface area contributed by atoms with Gasteiger partial charge in [0, 0.05) is 59.3 Å². The number of hydrogen-bond acceptors (Lipinski definition) is 5. The average molecular weight is 477 g/mol. The Kier molecular flexibility index (Phi) is 7.17. The number of hydrogen-bond donors (Lipinski definition) is 0. The maximum Gasteiger partial charge on any atom is 0.410 e. The summed E-state index contributed by atoms with van der Waals surface area (Å²) < 4.78 is 5.55. The monoisotopic (exact) mass is 476 g/mol. The molecule has 1 saturated heterocycles. The minimum absolute atomic E-state index is 0.0482. The van der Waals surface area contributed by atoms with Crippen LogP contribution in [0.3, 0.4) is 0 Å². The van der Waals surface area contributed by atoms with E-state index in [9.17, 15) is 9.59 Å². The molecule has 2 aliphatic heterocycles. The predicted octanol–water partition coefficient (Wildman–Crippen LogP) is 4.58. The molecule has 3 rings (SSSR count). The third-order valence-electron chi connectivity index (χ3n) is 6.11. The summed E-state index contributed by atoms with van der Waals surface area (Å²) in [4.78, 5) is 34.5. The molecule has 0 aliphatic carbocycles. The molecule has 0 radical (unpaired) electrons. The summed E-state index contributed by atoms with van der Waals surface area (Å²) in [6, 6.07) is 5.22. The molecule has 33 heavy (non-hydrogen) atoms. The summed E-state index contributed by atoms with van der Waals surface area (Å²) in [7, 11) is 0. The Bertz CT molecular complexity index is 969. The Hall–Kier alpha value is -2.48. The number of ether oxygens (including phenoxy) is 1. The maximum atomic E-state index is 13.4. The van der Waals surface area contributed by atoms with Crippen LogP contribution in [0.1, 0.15) is 47.1 Å². The van der Waals surface area contributed by atoms with Crippen molar-refractivity contribution in [2.45, 2.75) is 64.6 Å². The number of rotatable bonds is 4. The highest BCUT2D eigenvalue weighted by atomic mass is 35.5. The predicted molar refractivity (Wildman–Crippen MR) is 129 cm³/mol. The lowest BCUT2D eigenvalue weighted by atomic mass is 9.87. The zero-order chi connectivity index (χ0) is 24.6. The number of halogens is 1. The molecule has 2 heterocycles. The van der Waals surface area contributed by atoms with Crippen LogP contribution in [0, 0.1) is 0 Å². The SMILES string of the molecule is C[C@@H]1CN(CC(=O)N2CC(C)(C)c3ccc(Cl)cc32)[C@@H](CN=[N+]=[N-])CN1C(=O)OC(C)(C)C. The first kappa shape index (κ1) is 25.1. The Balaban J connectivity index is 1.78. The third-order valence-corrected chi connectivity index (χ3v) is 6.35. The zero-order valence-corrected chi connectivity index (χ0v) is 21.0. The summed E-state index contributed by atoms with van der Waals surface area (Å²) in [5, 5.41) is 4.32. The number of carbonyl (C=O) groups is 2. The second-order valence-electron chi connectivity index (χ2n) is 10.5. The molecule has 2 atom stereocenters. The molecule has 0 unspecified atom stereocenters. The molecule has 2 amide bonds. The van der Waals surface area contributed by atoms with Gasteiger partial charge in [-0.2, -0.15) is 0 Å². The van der Waals surface area contributed by atoms with Crippen LogP contribution < -0.4 is 4.90 Å². The largest absolute Gasteiger partial charge is 0.444 e. The van der Waals surface area contributed by atoms with Crippen molar-refractivity contribution in [3.8, 4) is 0 Å². The lowest BCUT2D eigenvalue weighted by Gasteiger charge is -2.45. The molecular formula is C23H33ClN6O3. The number of anilines is 1. The molecule has 9 nitrogen and oxygen atoms in total. The van der Waals surface area contributed by atoms with Crippen molar-refractivity contribution in [3.05, 3.63) is 39.2 Å². The fourth-order valence-corrected chi connectivity index (χ4v) is 4.70. The standard InChI is InChI=1S/C23H33ClN6O3/c1-15-11-28(17(10-26-27-25)12-29(15)21(32)33-22(2,3)4)13-20(31)30-14-23(5,6)18-8-7-16(24)9-19(18)30/h7-9,15,17H,10-14H2,1-6H3/t15-,17+/m1/s1. The fourth-order valence-electron chi connectivity index (χ4n) is 4.53. The van der Waals surface area contributed by atoms with Crippen LogP contribution in [0.15, 0.2) is 23.3 Å². The number of amides is 2. The molecule has 180 valence electrons. The molecule has 1 aromatic rings. The van der Waals surface area contributed by atoms with Crippen molar-refractivity contribution in [2.24, 2.45) is 5.11 Å². The minimum Gasteiger partial charge on any atom is -0.444 e. The highest BCUT2D eigenvalue weighted by Gasteiger charge is 2.41. The number of azide groups is 1. The number of benzene rings is 1. The second-order valence-corrected chi connectivity index (χ2v) is 10.9. The van der Waals surface area contributed by atoms with Gasteiger partial charge < -0.3 is 14.5 Å². The van der Waals surface area contributed by atoms with Crippen molar-refractivity contribution in [3.63, 3.8) is 0 Å². The van der Waals surface area contributed by atoms with Gasteiger partial charge >= 0.3 is 6.09 Å². The average Bonchev–Trinajstić information content (AvgIpc) is 2.96. The quantitative estimate of drug-likeness (QED) is 0.360. The first-order valence-corrected chi connectivity index (χ1v) is 11.5. The van der Waals surface area contributed by atoms with Crippen molar-refractivity contribution < 1.29 is 14.3 Å². The molecule has 0 spiro atoms. The van der Waals surface area contributed by atoms with E-state index >= 15 is 0 Å². The van der Waals surface area contributed by atoms with E-state index in [1.807, 2.05) is 50.8 Å². The van der Waals surface area contributed by atoms with Gasteiger partial charge in [0.15, 0.2) is 0 Å². The first-order chi connectivity index (χ1) is 15.3. The van der Waals surface area contributed by atoms with Crippen LogP contribution in [0.25, 0.3) is 10.4 Å². The van der Waals surface area contributed by atoms with E-state index in [0.29, 0.717) is 24.7 Å². The van der Waals surface area contributed by atoms with Crippen LogP contribution in [-0.2, 0) is 14.9 Å². The van der Waals surface area contributed by atoms with Gasteiger partial charge in [-0.15, -0.1) is 0 Å². The molecule has 1 aromatic carbocycles. The summed E-state index contributed by atoms with van der Waals surface area (Å²) in [6.07, 6.45) is -0.406. The minimum atomic E-state index is -0.610. The van der Waals surface area contributed by atoms with Gasteiger partial charge in [0.2, 0.25) is 5.91 Å². The number of fused-ring (bicyclic) bond motifs is 1. The fraction of sp³-hybridized carbons (Fsp3) is 0.652. The number of carbonyl (C=O) groups excluding carboxylic acids is 2. The maximum absolute atomic E-state index is 13.4. The van der Waals surface area contributed by atoms with Gasteiger partial charge in [-0.25, -0.2) is 4.79 Å². The molecule has 2 aliphatic rings. The van der Waals surface area contributed by atoms with Crippen LogP contribution in [0.5, 0.6) is 0 Å². The molecule has 0 N–H and O–H groups in total. The van der Waals surface area contributed by atoms with Gasteiger partial charge in [-0.1, -0.05) is 36.6 Å². The molecule has 0 aromatic heterocycles. The van der Waals surface area contributed by atoms with E-state index in [1.165, 1.54) is 0 Å². The van der Waals surface area contributed by atoms with Gasteiger partial charge in [0.1, 0.15) is 5.60 Å². The Morgan fingerprint density at radius 2 is 2.00 bits per heavy atom. The van der Waals surface area contributed by atoms with Gasteiger partial charge in [-0.05, 0) is 50.9 Å². The summed E-state index contributed by atoms with van der Waals surface area (Å²) in [5.74, 6) is -0.0482. The molecule has 0 bridgehead atoms. The van der Waals surface area contributed by atoms with E-state index in [2.05, 4.69) is 23.9 Å².